The number of para-hydroxylation sites is 2. The molecule has 1 N–H and O–H groups in total. The molecule has 0 saturated heterocycles. The van der Waals surface area contributed by atoms with E-state index in [-0.39, 0.29) is 12.3 Å². The fraction of sp³-hybridized carbons (Fsp3) is 0.278. The molecule has 0 aliphatic carbocycles. The van der Waals surface area contributed by atoms with E-state index in [0.29, 0.717) is 22.9 Å². The molecule has 0 bridgehead atoms. The summed E-state index contributed by atoms with van der Waals surface area (Å²) in [6, 6.07) is 13.7. The van der Waals surface area contributed by atoms with Crippen LogP contribution in [0.4, 0.5) is 11.4 Å². The molecule has 26 heavy (non-hydrogen) atoms. The third-order valence-electron chi connectivity index (χ3n) is 4.07. The standard InChI is InChI=1S/C18H20N2O5S/c1-3-26(22,23)20-12-17(25-16-10-5-4-9-15(16)20)18(21)19-13-7-6-8-14(11-13)24-2/h4-11,17H,3,12H2,1-2H3,(H,19,21). The molecule has 138 valence electrons. The van der Waals surface area contributed by atoms with E-state index in [4.69, 9.17) is 9.47 Å². The highest BCUT2D eigenvalue weighted by Gasteiger charge is 2.35. The van der Waals surface area contributed by atoms with Crippen LogP contribution >= 0.6 is 0 Å². The number of carbonyl (C=O) groups is 1. The van der Waals surface area contributed by atoms with Gasteiger partial charge in [0.2, 0.25) is 10.0 Å². The summed E-state index contributed by atoms with van der Waals surface area (Å²) < 4.78 is 37.0. The van der Waals surface area contributed by atoms with Gasteiger partial charge in [-0.1, -0.05) is 18.2 Å². The van der Waals surface area contributed by atoms with Crippen molar-refractivity contribution in [2.24, 2.45) is 0 Å². The maximum atomic E-state index is 12.6. The molecule has 2 aromatic carbocycles. The fourth-order valence-corrected chi connectivity index (χ4v) is 3.81. The number of fused-ring (bicyclic) bond motifs is 1. The third kappa shape index (κ3) is 3.60. The topological polar surface area (TPSA) is 84.9 Å². The average molecular weight is 376 g/mol. The maximum Gasteiger partial charge on any atom is 0.267 e. The molecule has 3 rings (SSSR count). The molecule has 0 aromatic heterocycles. The summed E-state index contributed by atoms with van der Waals surface area (Å²) in [7, 11) is -1.99. The lowest BCUT2D eigenvalue weighted by Gasteiger charge is -2.34. The predicted molar refractivity (Wildman–Crippen MR) is 99.3 cm³/mol. The van der Waals surface area contributed by atoms with Crippen molar-refractivity contribution in [1.82, 2.24) is 0 Å². The minimum absolute atomic E-state index is 0.0639. The molecule has 2 aromatic rings. The van der Waals surface area contributed by atoms with Crippen molar-refractivity contribution in [3.63, 3.8) is 0 Å². The van der Waals surface area contributed by atoms with Crippen LogP contribution in [0.3, 0.4) is 0 Å². The van der Waals surface area contributed by atoms with Crippen LogP contribution < -0.4 is 19.1 Å². The Bertz CT molecular complexity index is 913. The number of hydrogen-bond donors (Lipinski definition) is 1. The molecule has 0 fully saturated rings. The zero-order chi connectivity index (χ0) is 18.7. The first-order valence-electron chi connectivity index (χ1n) is 8.15. The quantitative estimate of drug-likeness (QED) is 0.865. The van der Waals surface area contributed by atoms with E-state index >= 15 is 0 Å². The van der Waals surface area contributed by atoms with Gasteiger partial charge in [0.15, 0.2) is 6.10 Å². The molecule has 0 spiro atoms. The summed E-state index contributed by atoms with van der Waals surface area (Å²) in [6.45, 7) is 1.49. The van der Waals surface area contributed by atoms with Crippen molar-refractivity contribution in [2.45, 2.75) is 13.0 Å². The third-order valence-corrected chi connectivity index (χ3v) is 5.81. The number of carbonyl (C=O) groups excluding carboxylic acids is 1. The van der Waals surface area contributed by atoms with Crippen LogP contribution in [0.5, 0.6) is 11.5 Å². The molecule has 1 heterocycles. The smallest absolute Gasteiger partial charge is 0.267 e. The van der Waals surface area contributed by atoms with Gasteiger partial charge in [0.05, 0.1) is 25.1 Å². The Labute approximate surface area is 152 Å². The van der Waals surface area contributed by atoms with E-state index in [0.717, 1.165) is 0 Å². The van der Waals surface area contributed by atoms with Gasteiger partial charge in [-0.15, -0.1) is 0 Å². The van der Waals surface area contributed by atoms with Crippen LogP contribution in [0, 0.1) is 0 Å². The number of nitrogens with one attached hydrogen (secondary N) is 1. The highest BCUT2D eigenvalue weighted by molar-refractivity contribution is 7.92. The van der Waals surface area contributed by atoms with Gasteiger partial charge in [0, 0.05) is 11.8 Å². The number of ether oxygens (including phenoxy) is 2. The van der Waals surface area contributed by atoms with Crippen LogP contribution in [0.2, 0.25) is 0 Å². The van der Waals surface area contributed by atoms with Gasteiger partial charge >= 0.3 is 0 Å². The zero-order valence-corrected chi connectivity index (χ0v) is 15.3. The van der Waals surface area contributed by atoms with Crippen LogP contribution in [0.15, 0.2) is 48.5 Å². The molecule has 7 nitrogen and oxygen atoms in total. The lowest BCUT2D eigenvalue weighted by Crippen LogP contribution is -2.49. The van der Waals surface area contributed by atoms with Gasteiger partial charge in [-0.2, -0.15) is 0 Å². The van der Waals surface area contributed by atoms with Crippen LogP contribution in [-0.4, -0.2) is 39.8 Å². The van der Waals surface area contributed by atoms with Crippen molar-refractivity contribution in [1.29, 1.82) is 0 Å². The van der Waals surface area contributed by atoms with Gasteiger partial charge in [0.25, 0.3) is 5.91 Å². The van der Waals surface area contributed by atoms with Gasteiger partial charge < -0.3 is 14.8 Å². The molecule has 1 aliphatic rings. The van der Waals surface area contributed by atoms with E-state index in [2.05, 4.69) is 5.32 Å². The van der Waals surface area contributed by atoms with Crippen molar-refractivity contribution < 1.29 is 22.7 Å². The van der Waals surface area contributed by atoms with E-state index in [1.54, 1.807) is 55.5 Å². The molecule has 8 heteroatoms. The number of anilines is 2. The Hall–Kier alpha value is -2.74. The van der Waals surface area contributed by atoms with E-state index in [1.807, 2.05) is 0 Å². The first kappa shape index (κ1) is 18.1. The fourth-order valence-electron chi connectivity index (χ4n) is 2.68. The van der Waals surface area contributed by atoms with Crippen LogP contribution in [0.1, 0.15) is 6.92 Å². The Morgan fingerprint density at radius 2 is 2.04 bits per heavy atom. The van der Waals surface area contributed by atoms with Gasteiger partial charge in [-0.25, -0.2) is 8.42 Å². The largest absolute Gasteiger partial charge is 0.497 e. The van der Waals surface area contributed by atoms with Crippen molar-refractivity contribution in [3.8, 4) is 11.5 Å². The lowest BCUT2D eigenvalue weighted by molar-refractivity contribution is -0.122. The van der Waals surface area contributed by atoms with Crippen molar-refractivity contribution in [3.05, 3.63) is 48.5 Å². The van der Waals surface area contributed by atoms with Crippen molar-refractivity contribution >= 4 is 27.3 Å². The Morgan fingerprint density at radius 1 is 1.27 bits per heavy atom. The molecule has 0 radical (unpaired) electrons. The van der Waals surface area contributed by atoms with Gasteiger partial charge in [0.1, 0.15) is 11.5 Å². The number of amides is 1. The Balaban J connectivity index is 1.86. The monoisotopic (exact) mass is 376 g/mol. The van der Waals surface area contributed by atoms with E-state index < -0.39 is 22.0 Å². The van der Waals surface area contributed by atoms with E-state index in [1.165, 1.54) is 11.4 Å². The number of nitrogens with zero attached hydrogens (tertiary/aromatic N) is 1. The summed E-state index contributed by atoms with van der Waals surface area (Å²) in [5.74, 6) is 0.476. The predicted octanol–water partition coefficient (Wildman–Crippen LogP) is 2.25. The Kier molecular flexibility index (Phi) is 5.03. The lowest BCUT2D eigenvalue weighted by atomic mass is 10.2. The van der Waals surface area contributed by atoms with Gasteiger partial charge in [-0.3, -0.25) is 9.10 Å². The normalized spacial score (nSPS) is 16.4. The van der Waals surface area contributed by atoms with Gasteiger partial charge in [-0.05, 0) is 31.2 Å². The Morgan fingerprint density at radius 3 is 2.77 bits per heavy atom. The highest BCUT2D eigenvalue weighted by Crippen LogP contribution is 2.35. The molecular weight excluding hydrogens is 356 g/mol. The van der Waals surface area contributed by atoms with Crippen LogP contribution in [-0.2, 0) is 14.8 Å². The average Bonchev–Trinajstić information content (AvgIpc) is 2.67. The summed E-state index contributed by atoms with van der Waals surface area (Å²) in [4.78, 5) is 12.6. The summed E-state index contributed by atoms with van der Waals surface area (Å²) in [5.41, 5.74) is 0.987. The number of sulfonamides is 1. The molecular formula is C18H20N2O5S. The summed E-state index contributed by atoms with van der Waals surface area (Å²) in [5, 5.41) is 2.74. The second-order valence-corrected chi connectivity index (χ2v) is 7.91. The zero-order valence-electron chi connectivity index (χ0n) is 14.5. The summed E-state index contributed by atoms with van der Waals surface area (Å²) in [6.07, 6.45) is -0.961. The van der Waals surface area contributed by atoms with Crippen molar-refractivity contribution in [2.75, 3.05) is 29.0 Å². The second kappa shape index (κ2) is 7.25. The molecule has 1 atom stereocenters. The maximum absolute atomic E-state index is 12.6. The SMILES string of the molecule is CCS(=O)(=O)N1CC(C(=O)Nc2cccc(OC)c2)Oc2ccccc21. The molecule has 1 aliphatic heterocycles. The van der Waals surface area contributed by atoms with Crippen LogP contribution in [0.25, 0.3) is 0 Å². The number of benzene rings is 2. The minimum atomic E-state index is -3.53. The first-order valence-corrected chi connectivity index (χ1v) is 9.76. The molecule has 1 unspecified atom stereocenters. The summed E-state index contributed by atoms with van der Waals surface area (Å²) >= 11 is 0. The number of rotatable bonds is 5. The highest BCUT2D eigenvalue weighted by atomic mass is 32.2. The number of methoxy groups -OCH3 is 1. The second-order valence-electron chi connectivity index (χ2n) is 5.73. The number of hydrogen-bond acceptors (Lipinski definition) is 5. The minimum Gasteiger partial charge on any atom is -0.497 e. The molecule has 1 amide bonds. The molecule has 0 saturated carbocycles. The van der Waals surface area contributed by atoms with E-state index in [9.17, 15) is 13.2 Å². The first-order chi connectivity index (χ1) is 12.4.